The summed E-state index contributed by atoms with van der Waals surface area (Å²) in [5, 5.41) is 10.9. The minimum atomic E-state index is 0.201. The topological polar surface area (TPSA) is 63.3 Å². The fourth-order valence-electron chi connectivity index (χ4n) is 4.61. The third kappa shape index (κ3) is 2.68. The number of rotatable bonds is 4. The molecule has 2 saturated heterocycles. The molecule has 0 radical (unpaired) electrons. The molecule has 0 bridgehead atoms. The van der Waals surface area contributed by atoms with E-state index in [0.717, 1.165) is 25.3 Å². The Kier molecular flexibility index (Phi) is 3.92. The maximum Gasteiger partial charge on any atom is 0.0894 e. The van der Waals surface area contributed by atoms with Gasteiger partial charge in [0.25, 0.3) is 0 Å². The molecule has 1 aromatic rings. The van der Waals surface area contributed by atoms with Crippen molar-refractivity contribution in [2.24, 2.45) is 0 Å². The lowest BCUT2D eigenvalue weighted by atomic mass is 9.98. The second-order valence-corrected chi connectivity index (χ2v) is 7.16. The number of aromatic nitrogens is 3. The van der Waals surface area contributed by atoms with Gasteiger partial charge in [0.15, 0.2) is 0 Å². The molecular weight excluding hydrogens is 280 g/mol. The lowest BCUT2D eigenvalue weighted by Gasteiger charge is -2.26. The molecule has 3 aliphatic rings. The fraction of sp³-hybridized carbons (Fsp3) is 0.875. The Bertz CT molecular complexity index is 486. The van der Waals surface area contributed by atoms with Gasteiger partial charge in [0.2, 0.25) is 0 Å². The van der Waals surface area contributed by atoms with Crippen LogP contribution in [0.2, 0.25) is 0 Å². The van der Waals surface area contributed by atoms with Crippen LogP contribution in [0.1, 0.15) is 50.1 Å². The molecule has 3 atom stereocenters. The molecule has 1 spiro atoms. The van der Waals surface area contributed by atoms with Crippen LogP contribution in [-0.4, -0.2) is 64.9 Å². The van der Waals surface area contributed by atoms with Crippen molar-refractivity contribution in [3.8, 4) is 0 Å². The van der Waals surface area contributed by atoms with Gasteiger partial charge in [-0.25, -0.2) is 0 Å². The van der Waals surface area contributed by atoms with Crippen LogP contribution in [0.25, 0.3) is 0 Å². The first kappa shape index (κ1) is 14.6. The first-order valence-corrected chi connectivity index (χ1v) is 8.57. The first-order valence-electron chi connectivity index (χ1n) is 8.57. The third-order valence-corrected chi connectivity index (χ3v) is 5.77. The molecule has 1 aliphatic carbocycles. The van der Waals surface area contributed by atoms with Gasteiger partial charge in [-0.1, -0.05) is 12.8 Å². The molecule has 6 nitrogen and oxygen atoms in total. The van der Waals surface area contributed by atoms with E-state index in [1.54, 1.807) is 7.11 Å². The smallest absolute Gasteiger partial charge is 0.0894 e. The van der Waals surface area contributed by atoms with Gasteiger partial charge in [-0.15, -0.1) is 0 Å². The minimum absolute atomic E-state index is 0.201. The number of nitrogens with zero attached hydrogens (tertiary/aromatic N) is 3. The molecule has 0 aromatic carbocycles. The van der Waals surface area contributed by atoms with Crippen LogP contribution >= 0.6 is 0 Å². The Labute approximate surface area is 131 Å². The number of aromatic amines is 1. The standard InChI is InChI=1S/C16H26N4O2/c1-21-15-11-20(10-13(15)14-8-17-19-18-14)9-12-4-7-16(22-12)5-2-3-6-16/h8,12-13,15H,2-7,9-11H2,1H3,(H,17,18,19)/t12?,13-,15+/m0/s1. The van der Waals surface area contributed by atoms with Crippen LogP contribution in [0.3, 0.4) is 0 Å². The highest BCUT2D eigenvalue weighted by molar-refractivity contribution is 5.09. The summed E-state index contributed by atoms with van der Waals surface area (Å²) in [4.78, 5) is 2.48. The second kappa shape index (κ2) is 5.91. The fourth-order valence-corrected chi connectivity index (χ4v) is 4.61. The zero-order chi connectivity index (χ0) is 15.0. The maximum atomic E-state index is 6.45. The Morgan fingerprint density at radius 1 is 1.36 bits per heavy atom. The summed E-state index contributed by atoms with van der Waals surface area (Å²) in [5.74, 6) is 0.311. The lowest BCUT2D eigenvalue weighted by molar-refractivity contribution is -0.0463. The van der Waals surface area contributed by atoms with Crippen LogP contribution in [0.5, 0.6) is 0 Å². The average Bonchev–Trinajstić information content (AvgIpc) is 3.29. The molecule has 122 valence electrons. The van der Waals surface area contributed by atoms with Gasteiger partial charge in [-0.3, -0.25) is 4.90 Å². The molecular formula is C16H26N4O2. The zero-order valence-corrected chi connectivity index (χ0v) is 13.3. The van der Waals surface area contributed by atoms with Gasteiger partial charge in [-0.2, -0.15) is 15.4 Å². The van der Waals surface area contributed by atoms with Crippen LogP contribution < -0.4 is 0 Å². The van der Waals surface area contributed by atoms with E-state index in [4.69, 9.17) is 9.47 Å². The number of H-pyrrole nitrogens is 1. The maximum absolute atomic E-state index is 6.45. The van der Waals surface area contributed by atoms with Gasteiger partial charge >= 0.3 is 0 Å². The number of hydrogen-bond acceptors (Lipinski definition) is 5. The molecule has 4 rings (SSSR count). The molecule has 1 N–H and O–H groups in total. The van der Waals surface area contributed by atoms with Crippen molar-refractivity contribution in [2.75, 3.05) is 26.7 Å². The van der Waals surface area contributed by atoms with E-state index < -0.39 is 0 Å². The molecule has 6 heteroatoms. The van der Waals surface area contributed by atoms with Crippen LogP contribution in [0, 0.1) is 0 Å². The monoisotopic (exact) mass is 306 g/mol. The SMILES string of the molecule is CO[C@@H]1CN(CC2CCC3(CCCC3)O2)C[C@H]1c1cn[nH]n1. The summed E-state index contributed by atoms with van der Waals surface area (Å²) in [7, 11) is 1.79. The van der Waals surface area contributed by atoms with E-state index in [0.29, 0.717) is 12.0 Å². The summed E-state index contributed by atoms with van der Waals surface area (Å²) in [6, 6.07) is 0. The number of ether oxygens (including phenoxy) is 2. The molecule has 0 amide bonds. The van der Waals surface area contributed by atoms with Crippen molar-refractivity contribution < 1.29 is 9.47 Å². The van der Waals surface area contributed by atoms with Crippen LogP contribution in [0.4, 0.5) is 0 Å². The zero-order valence-electron chi connectivity index (χ0n) is 13.3. The lowest BCUT2D eigenvalue weighted by Crippen LogP contribution is -2.34. The van der Waals surface area contributed by atoms with Crippen molar-refractivity contribution >= 4 is 0 Å². The predicted octanol–water partition coefficient (Wildman–Crippen LogP) is 1.71. The number of hydrogen-bond donors (Lipinski definition) is 1. The van der Waals surface area contributed by atoms with Gasteiger partial charge in [-0.05, 0) is 25.7 Å². The van der Waals surface area contributed by atoms with E-state index in [2.05, 4.69) is 20.3 Å². The molecule has 2 aliphatic heterocycles. The largest absolute Gasteiger partial charge is 0.379 e. The third-order valence-electron chi connectivity index (χ3n) is 5.77. The highest BCUT2D eigenvalue weighted by atomic mass is 16.5. The molecule has 3 fully saturated rings. The average molecular weight is 306 g/mol. The van der Waals surface area contributed by atoms with Crippen LogP contribution in [-0.2, 0) is 9.47 Å². The number of nitrogens with one attached hydrogen (secondary N) is 1. The molecule has 22 heavy (non-hydrogen) atoms. The quantitative estimate of drug-likeness (QED) is 0.917. The summed E-state index contributed by atoms with van der Waals surface area (Å²) in [6.45, 7) is 2.97. The normalized spacial score (nSPS) is 34.9. The van der Waals surface area contributed by atoms with E-state index >= 15 is 0 Å². The molecule has 3 heterocycles. The van der Waals surface area contributed by atoms with E-state index in [-0.39, 0.29) is 11.7 Å². The molecule has 1 saturated carbocycles. The van der Waals surface area contributed by atoms with Crippen molar-refractivity contribution in [1.82, 2.24) is 20.3 Å². The van der Waals surface area contributed by atoms with Crippen molar-refractivity contribution in [3.05, 3.63) is 11.9 Å². The summed E-state index contributed by atoms with van der Waals surface area (Å²) < 4.78 is 12.1. The van der Waals surface area contributed by atoms with E-state index in [1.807, 2.05) is 6.20 Å². The predicted molar refractivity (Wildman–Crippen MR) is 81.7 cm³/mol. The summed E-state index contributed by atoms with van der Waals surface area (Å²) in [5.41, 5.74) is 1.24. The van der Waals surface area contributed by atoms with Gasteiger partial charge in [0, 0.05) is 32.7 Å². The Hall–Kier alpha value is -0.980. The Balaban J connectivity index is 1.36. The van der Waals surface area contributed by atoms with Crippen molar-refractivity contribution in [3.63, 3.8) is 0 Å². The second-order valence-electron chi connectivity index (χ2n) is 7.16. The Morgan fingerprint density at radius 3 is 2.95 bits per heavy atom. The first-order chi connectivity index (χ1) is 10.8. The Morgan fingerprint density at radius 2 is 2.23 bits per heavy atom. The number of likely N-dealkylation sites (tertiary alicyclic amines) is 1. The van der Waals surface area contributed by atoms with Gasteiger partial charge < -0.3 is 9.47 Å². The van der Waals surface area contributed by atoms with Crippen LogP contribution in [0.15, 0.2) is 6.20 Å². The highest BCUT2D eigenvalue weighted by Crippen LogP contribution is 2.43. The van der Waals surface area contributed by atoms with Crippen molar-refractivity contribution in [2.45, 2.75) is 62.3 Å². The summed E-state index contributed by atoms with van der Waals surface area (Å²) >= 11 is 0. The summed E-state index contributed by atoms with van der Waals surface area (Å²) in [6.07, 6.45) is 10.1. The minimum Gasteiger partial charge on any atom is -0.379 e. The van der Waals surface area contributed by atoms with Crippen molar-refractivity contribution in [1.29, 1.82) is 0 Å². The highest BCUT2D eigenvalue weighted by Gasteiger charge is 2.44. The van der Waals surface area contributed by atoms with E-state index in [9.17, 15) is 0 Å². The van der Waals surface area contributed by atoms with E-state index in [1.165, 1.54) is 38.5 Å². The van der Waals surface area contributed by atoms with Gasteiger partial charge in [0.05, 0.1) is 29.7 Å². The molecule has 1 aromatic heterocycles. The van der Waals surface area contributed by atoms with Gasteiger partial charge in [0.1, 0.15) is 0 Å². The number of methoxy groups -OCH3 is 1. The molecule has 1 unspecified atom stereocenters.